The Kier molecular flexibility index (Phi) is 7.29. The Balaban J connectivity index is 3.43. The predicted octanol–water partition coefficient (Wildman–Crippen LogP) is 1.95. The predicted molar refractivity (Wildman–Crippen MR) is 59.8 cm³/mol. The fourth-order valence-electron chi connectivity index (χ4n) is 1.48. The van der Waals surface area contributed by atoms with Crippen molar-refractivity contribution < 1.29 is 0 Å². The second-order valence-corrected chi connectivity index (χ2v) is 4.63. The van der Waals surface area contributed by atoms with Gasteiger partial charge in [-0.05, 0) is 44.8 Å². The van der Waals surface area contributed by atoms with Crippen molar-refractivity contribution in [3.63, 3.8) is 0 Å². The van der Waals surface area contributed by atoms with E-state index in [0.29, 0.717) is 0 Å². The maximum atomic E-state index is 5.51. The van der Waals surface area contributed by atoms with Gasteiger partial charge in [0.1, 0.15) is 0 Å². The standard InChI is InChI=1S/C11H26N2/c1-10(2)6-8-13(4)9-11(3)5-7-12/h10-11H,5-9,12H2,1-4H3. The van der Waals surface area contributed by atoms with Crippen molar-refractivity contribution in [3.05, 3.63) is 0 Å². The second kappa shape index (κ2) is 7.34. The molecule has 0 heterocycles. The molecule has 0 bridgehead atoms. The molecular formula is C11H26N2. The Hall–Kier alpha value is -0.0800. The van der Waals surface area contributed by atoms with Crippen LogP contribution in [0.1, 0.15) is 33.6 Å². The summed E-state index contributed by atoms with van der Waals surface area (Å²) in [5.41, 5.74) is 5.51. The molecule has 0 aromatic heterocycles. The monoisotopic (exact) mass is 186 g/mol. The molecule has 0 rings (SSSR count). The van der Waals surface area contributed by atoms with Gasteiger partial charge < -0.3 is 10.6 Å². The van der Waals surface area contributed by atoms with E-state index in [-0.39, 0.29) is 0 Å². The Labute approximate surface area is 83.5 Å². The molecule has 80 valence electrons. The molecule has 0 aromatic carbocycles. The van der Waals surface area contributed by atoms with E-state index in [9.17, 15) is 0 Å². The molecule has 0 spiro atoms. The summed E-state index contributed by atoms with van der Waals surface area (Å²) in [4.78, 5) is 2.42. The van der Waals surface area contributed by atoms with E-state index < -0.39 is 0 Å². The third kappa shape index (κ3) is 8.26. The smallest absolute Gasteiger partial charge is 0.000444 e. The van der Waals surface area contributed by atoms with Crippen LogP contribution in [0.15, 0.2) is 0 Å². The zero-order chi connectivity index (χ0) is 10.3. The van der Waals surface area contributed by atoms with Crippen LogP contribution in [0.2, 0.25) is 0 Å². The van der Waals surface area contributed by atoms with Gasteiger partial charge in [-0.2, -0.15) is 0 Å². The number of nitrogens with two attached hydrogens (primary N) is 1. The summed E-state index contributed by atoms with van der Waals surface area (Å²) in [5.74, 6) is 1.55. The van der Waals surface area contributed by atoms with Crippen molar-refractivity contribution in [2.45, 2.75) is 33.6 Å². The third-order valence-corrected chi connectivity index (χ3v) is 2.37. The summed E-state index contributed by atoms with van der Waals surface area (Å²) in [6.45, 7) is 10.0. The summed E-state index contributed by atoms with van der Waals surface area (Å²) in [5, 5.41) is 0. The van der Waals surface area contributed by atoms with Crippen LogP contribution in [0.4, 0.5) is 0 Å². The van der Waals surface area contributed by atoms with E-state index in [1.54, 1.807) is 0 Å². The first kappa shape index (κ1) is 12.9. The summed E-state index contributed by atoms with van der Waals surface area (Å²) in [6, 6.07) is 0. The summed E-state index contributed by atoms with van der Waals surface area (Å²) in [7, 11) is 2.20. The van der Waals surface area contributed by atoms with Crippen LogP contribution < -0.4 is 5.73 Å². The van der Waals surface area contributed by atoms with Crippen molar-refractivity contribution >= 4 is 0 Å². The third-order valence-electron chi connectivity index (χ3n) is 2.37. The van der Waals surface area contributed by atoms with Gasteiger partial charge in [-0.25, -0.2) is 0 Å². The van der Waals surface area contributed by atoms with E-state index >= 15 is 0 Å². The number of hydrogen-bond donors (Lipinski definition) is 1. The molecule has 2 N–H and O–H groups in total. The normalized spacial score (nSPS) is 14.1. The molecular weight excluding hydrogens is 160 g/mol. The molecule has 0 radical (unpaired) electrons. The minimum Gasteiger partial charge on any atom is -0.330 e. The summed E-state index contributed by atoms with van der Waals surface area (Å²) >= 11 is 0. The molecule has 1 atom stereocenters. The van der Waals surface area contributed by atoms with Gasteiger partial charge in [0.05, 0.1) is 0 Å². The lowest BCUT2D eigenvalue weighted by Gasteiger charge is -2.21. The highest BCUT2D eigenvalue weighted by molar-refractivity contribution is 4.60. The van der Waals surface area contributed by atoms with Gasteiger partial charge in [0.15, 0.2) is 0 Å². The highest BCUT2D eigenvalue weighted by Crippen LogP contribution is 2.05. The molecule has 1 unspecified atom stereocenters. The molecule has 0 saturated heterocycles. The van der Waals surface area contributed by atoms with E-state index in [2.05, 4.69) is 32.7 Å². The van der Waals surface area contributed by atoms with E-state index in [1.807, 2.05) is 0 Å². The van der Waals surface area contributed by atoms with Gasteiger partial charge in [0.25, 0.3) is 0 Å². The topological polar surface area (TPSA) is 29.3 Å². The van der Waals surface area contributed by atoms with E-state index in [1.165, 1.54) is 19.5 Å². The van der Waals surface area contributed by atoms with Crippen LogP contribution in [0.3, 0.4) is 0 Å². The zero-order valence-corrected chi connectivity index (χ0v) is 9.71. The minimum atomic E-state index is 0.738. The maximum Gasteiger partial charge on any atom is 0.000444 e. The van der Waals surface area contributed by atoms with E-state index in [0.717, 1.165) is 24.8 Å². The van der Waals surface area contributed by atoms with Crippen LogP contribution in [0, 0.1) is 11.8 Å². The van der Waals surface area contributed by atoms with Gasteiger partial charge in [0.2, 0.25) is 0 Å². The average molecular weight is 186 g/mol. The quantitative estimate of drug-likeness (QED) is 0.658. The lowest BCUT2D eigenvalue weighted by Crippen LogP contribution is -2.27. The number of hydrogen-bond acceptors (Lipinski definition) is 2. The average Bonchev–Trinajstić information content (AvgIpc) is 2.01. The van der Waals surface area contributed by atoms with Crippen LogP contribution in [0.5, 0.6) is 0 Å². The van der Waals surface area contributed by atoms with Crippen molar-refractivity contribution in [1.82, 2.24) is 4.90 Å². The summed E-state index contributed by atoms with van der Waals surface area (Å²) in [6.07, 6.45) is 2.44. The molecule has 0 aliphatic carbocycles. The molecule has 0 saturated carbocycles. The van der Waals surface area contributed by atoms with Crippen LogP contribution in [0.25, 0.3) is 0 Å². The zero-order valence-electron chi connectivity index (χ0n) is 9.71. The molecule has 0 aliphatic rings. The Morgan fingerprint density at radius 3 is 2.23 bits per heavy atom. The second-order valence-electron chi connectivity index (χ2n) is 4.63. The number of nitrogens with zero attached hydrogens (tertiary/aromatic N) is 1. The molecule has 0 amide bonds. The molecule has 13 heavy (non-hydrogen) atoms. The molecule has 0 aliphatic heterocycles. The van der Waals surface area contributed by atoms with Crippen molar-refractivity contribution in [2.75, 3.05) is 26.7 Å². The van der Waals surface area contributed by atoms with Crippen molar-refractivity contribution in [3.8, 4) is 0 Å². The van der Waals surface area contributed by atoms with Gasteiger partial charge in [-0.15, -0.1) is 0 Å². The first-order chi connectivity index (χ1) is 6.06. The first-order valence-electron chi connectivity index (χ1n) is 5.44. The maximum absolute atomic E-state index is 5.51. The first-order valence-corrected chi connectivity index (χ1v) is 5.44. The minimum absolute atomic E-state index is 0.738. The van der Waals surface area contributed by atoms with Crippen LogP contribution >= 0.6 is 0 Å². The van der Waals surface area contributed by atoms with Crippen molar-refractivity contribution in [2.24, 2.45) is 17.6 Å². The SMILES string of the molecule is CC(C)CCN(C)CC(C)CCN. The fraction of sp³-hybridized carbons (Fsp3) is 1.00. The Bertz CT molecular complexity index is 113. The molecule has 0 aromatic rings. The number of rotatable bonds is 7. The molecule has 2 heteroatoms. The summed E-state index contributed by atoms with van der Waals surface area (Å²) < 4.78 is 0. The molecule has 0 fully saturated rings. The van der Waals surface area contributed by atoms with E-state index in [4.69, 9.17) is 5.73 Å². The largest absolute Gasteiger partial charge is 0.330 e. The van der Waals surface area contributed by atoms with Gasteiger partial charge in [-0.1, -0.05) is 20.8 Å². The lowest BCUT2D eigenvalue weighted by atomic mass is 10.1. The van der Waals surface area contributed by atoms with Crippen LogP contribution in [-0.2, 0) is 0 Å². The highest BCUT2D eigenvalue weighted by Gasteiger charge is 2.05. The van der Waals surface area contributed by atoms with Gasteiger partial charge in [-0.3, -0.25) is 0 Å². The van der Waals surface area contributed by atoms with Gasteiger partial charge >= 0.3 is 0 Å². The van der Waals surface area contributed by atoms with Crippen LogP contribution in [-0.4, -0.2) is 31.6 Å². The van der Waals surface area contributed by atoms with Gasteiger partial charge in [0, 0.05) is 6.54 Å². The van der Waals surface area contributed by atoms with Crippen molar-refractivity contribution in [1.29, 1.82) is 0 Å². The Morgan fingerprint density at radius 2 is 1.77 bits per heavy atom. The fourth-order valence-corrected chi connectivity index (χ4v) is 1.48. The Morgan fingerprint density at radius 1 is 1.15 bits per heavy atom. The molecule has 2 nitrogen and oxygen atoms in total. The lowest BCUT2D eigenvalue weighted by molar-refractivity contribution is 0.265. The highest BCUT2D eigenvalue weighted by atomic mass is 15.1.